The average molecular weight is 489 g/mol. The summed E-state index contributed by atoms with van der Waals surface area (Å²) in [7, 11) is 0. The Labute approximate surface area is 212 Å². The number of fused-ring (bicyclic) bond motifs is 1. The number of hydrogen-bond donors (Lipinski definition) is 2. The van der Waals surface area contributed by atoms with Crippen molar-refractivity contribution in [3.05, 3.63) is 101 Å². The lowest BCUT2D eigenvalue weighted by Gasteiger charge is -2.12. The third kappa shape index (κ3) is 4.10. The van der Waals surface area contributed by atoms with Crippen LogP contribution in [0.15, 0.2) is 83.7 Å². The SMILES string of the molecule is CC(C)c1nc2c(-c3ccccc3)n[nH]c(=O)c2n1Cc1ccc(-c2ccccc2-c2nn[nH]n2)cc1. The maximum absolute atomic E-state index is 13.0. The monoisotopic (exact) mass is 488 g/mol. The van der Waals surface area contributed by atoms with Crippen molar-refractivity contribution in [1.29, 1.82) is 0 Å². The first-order valence-electron chi connectivity index (χ1n) is 12.1. The molecule has 0 spiro atoms. The van der Waals surface area contributed by atoms with Crippen molar-refractivity contribution in [2.75, 3.05) is 0 Å². The first kappa shape index (κ1) is 22.5. The number of nitrogens with zero attached hydrogens (tertiary/aromatic N) is 6. The lowest BCUT2D eigenvalue weighted by atomic mass is 9.98. The molecule has 0 aliphatic heterocycles. The number of benzene rings is 3. The van der Waals surface area contributed by atoms with Crippen LogP contribution in [0.25, 0.3) is 44.8 Å². The molecular weight excluding hydrogens is 464 g/mol. The number of rotatable bonds is 6. The van der Waals surface area contributed by atoms with E-state index < -0.39 is 0 Å². The predicted octanol–water partition coefficient (Wildman–Crippen LogP) is 4.81. The lowest BCUT2D eigenvalue weighted by molar-refractivity contribution is 0.681. The van der Waals surface area contributed by atoms with Gasteiger partial charge in [-0.25, -0.2) is 10.1 Å². The quantitative estimate of drug-likeness (QED) is 0.348. The molecule has 0 bridgehead atoms. The van der Waals surface area contributed by atoms with Gasteiger partial charge in [0.25, 0.3) is 5.56 Å². The molecule has 182 valence electrons. The third-order valence-corrected chi connectivity index (χ3v) is 6.39. The van der Waals surface area contributed by atoms with Crippen molar-refractivity contribution in [3.63, 3.8) is 0 Å². The maximum Gasteiger partial charge on any atom is 0.290 e. The fraction of sp³-hybridized carbons (Fsp3) is 0.143. The van der Waals surface area contributed by atoms with Gasteiger partial charge in [0.05, 0.1) is 0 Å². The highest BCUT2D eigenvalue weighted by molar-refractivity contribution is 5.89. The van der Waals surface area contributed by atoms with Crippen LogP contribution in [0.3, 0.4) is 0 Å². The molecule has 0 unspecified atom stereocenters. The van der Waals surface area contributed by atoms with E-state index in [0.717, 1.165) is 33.6 Å². The summed E-state index contributed by atoms with van der Waals surface area (Å²) in [6, 6.07) is 26.1. The van der Waals surface area contributed by atoms with E-state index in [1.165, 1.54) is 0 Å². The Hall–Kier alpha value is -4.92. The van der Waals surface area contributed by atoms with Crippen molar-refractivity contribution < 1.29 is 0 Å². The minimum absolute atomic E-state index is 0.122. The van der Waals surface area contributed by atoms with Gasteiger partial charge in [0.1, 0.15) is 22.6 Å². The fourth-order valence-electron chi connectivity index (χ4n) is 4.65. The molecule has 0 atom stereocenters. The van der Waals surface area contributed by atoms with Crippen LogP contribution in [0.4, 0.5) is 0 Å². The minimum Gasteiger partial charge on any atom is -0.319 e. The molecule has 3 heterocycles. The third-order valence-electron chi connectivity index (χ3n) is 6.39. The molecule has 3 aromatic heterocycles. The van der Waals surface area contributed by atoms with Crippen LogP contribution in [0, 0.1) is 0 Å². The van der Waals surface area contributed by atoms with E-state index in [-0.39, 0.29) is 11.5 Å². The number of aromatic amines is 2. The zero-order chi connectivity index (χ0) is 25.4. The minimum atomic E-state index is -0.250. The molecule has 0 amide bonds. The Morgan fingerprint density at radius 1 is 0.838 bits per heavy atom. The molecule has 2 N–H and O–H groups in total. The Balaban J connectivity index is 1.41. The molecule has 0 fully saturated rings. The van der Waals surface area contributed by atoms with Gasteiger partial charge in [-0.1, -0.05) is 92.7 Å². The van der Waals surface area contributed by atoms with Crippen molar-refractivity contribution >= 4 is 11.0 Å². The summed E-state index contributed by atoms with van der Waals surface area (Å²) in [6.07, 6.45) is 0. The van der Waals surface area contributed by atoms with Crippen LogP contribution >= 0.6 is 0 Å². The molecule has 9 heteroatoms. The summed E-state index contributed by atoms with van der Waals surface area (Å²) in [5.41, 5.74) is 6.49. The largest absolute Gasteiger partial charge is 0.319 e. The van der Waals surface area contributed by atoms with Gasteiger partial charge in [-0.15, -0.1) is 10.2 Å². The van der Waals surface area contributed by atoms with E-state index in [4.69, 9.17) is 4.98 Å². The topological polar surface area (TPSA) is 118 Å². The van der Waals surface area contributed by atoms with Crippen LogP contribution in [0.2, 0.25) is 0 Å². The van der Waals surface area contributed by atoms with E-state index in [0.29, 0.717) is 29.1 Å². The van der Waals surface area contributed by atoms with Crippen LogP contribution in [0.5, 0.6) is 0 Å². The Bertz CT molecular complexity index is 1730. The Kier molecular flexibility index (Phi) is 5.65. The van der Waals surface area contributed by atoms with E-state index in [1.54, 1.807) is 0 Å². The van der Waals surface area contributed by atoms with Crippen LogP contribution in [-0.4, -0.2) is 40.4 Å². The van der Waals surface area contributed by atoms with Gasteiger partial charge in [0, 0.05) is 23.6 Å². The highest BCUT2D eigenvalue weighted by Crippen LogP contribution is 2.31. The van der Waals surface area contributed by atoms with Gasteiger partial charge in [0.2, 0.25) is 5.82 Å². The molecule has 0 radical (unpaired) electrons. The highest BCUT2D eigenvalue weighted by atomic mass is 16.1. The number of tetrazole rings is 1. The van der Waals surface area contributed by atoms with Gasteiger partial charge in [0.15, 0.2) is 0 Å². The van der Waals surface area contributed by atoms with Gasteiger partial charge in [-0.3, -0.25) is 4.79 Å². The summed E-state index contributed by atoms with van der Waals surface area (Å²) in [5.74, 6) is 1.52. The molecule has 0 aliphatic carbocycles. The molecule has 0 saturated heterocycles. The summed E-state index contributed by atoms with van der Waals surface area (Å²) in [4.78, 5) is 17.9. The normalized spacial score (nSPS) is 11.4. The molecule has 6 aromatic rings. The van der Waals surface area contributed by atoms with E-state index in [2.05, 4.69) is 68.9 Å². The first-order valence-corrected chi connectivity index (χ1v) is 12.1. The fourth-order valence-corrected chi connectivity index (χ4v) is 4.65. The van der Waals surface area contributed by atoms with Crippen molar-refractivity contribution in [2.24, 2.45) is 0 Å². The van der Waals surface area contributed by atoms with Gasteiger partial charge in [-0.2, -0.15) is 10.3 Å². The van der Waals surface area contributed by atoms with E-state index in [9.17, 15) is 4.79 Å². The molecule has 9 nitrogen and oxygen atoms in total. The summed E-state index contributed by atoms with van der Waals surface area (Å²) >= 11 is 0. The van der Waals surface area contributed by atoms with Crippen molar-refractivity contribution in [2.45, 2.75) is 26.3 Å². The van der Waals surface area contributed by atoms with Crippen LogP contribution in [0.1, 0.15) is 31.2 Å². The van der Waals surface area contributed by atoms with Gasteiger partial charge in [-0.05, 0) is 21.9 Å². The second-order valence-electron chi connectivity index (χ2n) is 9.15. The average Bonchev–Trinajstić information content (AvgIpc) is 3.59. The molecule has 3 aromatic carbocycles. The number of H-pyrrole nitrogens is 2. The van der Waals surface area contributed by atoms with Crippen LogP contribution < -0.4 is 5.56 Å². The number of aromatic nitrogens is 8. The summed E-state index contributed by atoms with van der Waals surface area (Å²) in [5, 5.41) is 21.5. The molecule has 37 heavy (non-hydrogen) atoms. The van der Waals surface area contributed by atoms with Crippen molar-refractivity contribution in [1.82, 2.24) is 40.4 Å². The zero-order valence-corrected chi connectivity index (χ0v) is 20.4. The van der Waals surface area contributed by atoms with Gasteiger partial charge >= 0.3 is 0 Å². The Morgan fingerprint density at radius 2 is 1.57 bits per heavy atom. The molecule has 0 saturated carbocycles. The van der Waals surface area contributed by atoms with Crippen molar-refractivity contribution in [3.8, 4) is 33.8 Å². The second kappa shape index (κ2) is 9.27. The van der Waals surface area contributed by atoms with Gasteiger partial charge < -0.3 is 4.57 Å². The first-order chi connectivity index (χ1) is 18.1. The molecular formula is C28H24N8O. The second-order valence-corrected chi connectivity index (χ2v) is 9.15. The molecule has 0 aliphatic rings. The highest BCUT2D eigenvalue weighted by Gasteiger charge is 2.21. The van der Waals surface area contributed by atoms with Crippen LogP contribution in [-0.2, 0) is 6.54 Å². The zero-order valence-electron chi connectivity index (χ0n) is 20.4. The van der Waals surface area contributed by atoms with E-state index in [1.807, 2.05) is 59.2 Å². The number of hydrogen-bond acceptors (Lipinski definition) is 6. The Morgan fingerprint density at radius 3 is 2.27 bits per heavy atom. The standard InChI is InChI=1S/C28H24N8O/c1-17(2)27-29-24-23(20-8-4-3-5-9-20)30-33-28(37)25(24)36(27)16-18-12-14-19(15-13-18)21-10-6-7-11-22(21)26-31-34-35-32-26/h3-15,17H,16H2,1-2H3,(H,33,37)(H,31,32,34,35). The predicted molar refractivity (Wildman–Crippen MR) is 142 cm³/mol. The summed E-state index contributed by atoms with van der Waals surface area (Å²) in [6.45, 7) is 4.68. The maximum atomic E-state index is 13.0. The number of imidazole rings is 1. The smallest absolute Gasteiger partial charge is 0.290 e. The van der Waals surface area contributed by atoms with E-state index >= 15 is 0 Å². The molecule has 6 rings (SSSR count). The summed E-state index contributed by atoms with van der Waals surface area (Å²) < 4.78 is 2.01. The number of nitrogens with one attached hydrogen (secondary N) is 2. The lowest BCUT2D eigenvalue weighted by Crippen LogP contribution is -2.15.